The van der Waals surface area contributed by atoms with Crippen molar-refractivity contribution in [2.45, 2.75) is 26.7 Å². The normalized spacial score (nSPS) is 15.3. The van der Waals surface area contributed by atoms with E-state index in [-0.39, 0.29) is 5.92 Å². The van der Waals surface area contributed by atoms with Gasteiger partial charge < -0.3 is 9.52 Å². The molecular formula is C9H13NO3. The lowest BCUT2D eigenvalue weighted by molar-refractivity contribution is -0.141. The molecule has 4 nitrogen and oxygen atoms in total. The first kappa shape index (κ1) is 9.77. The quantitative estimate of drug-likeness (QED) is 0.776. The molecule has 2 atom stereocenters. The van der Waals surface area contributed by atoms with Crippen LogP contribution in [0.3, 0.4) is 0 Å². The second kappa shape index (κ2) is 3.60. The van der Waals surface area contributed by atoms with Crippen molar-refractivity contribution < 1.29 is 14.3 Å². The molecule has 0 aliphatic heterocycles. The number of carboxylic acids is 1. The van der Waals surface area contributed by atoms with Crippen molar-refractivity contribution in [3.63, 3.8) is 0 Å². The molecule has 0 bridgehead atoms. The fraction of sp³-hybridized carbons (Fsp3) is 0.556. The Morgan fingerprint density at radius 1 is 1.62 bits per heavy atom. The molecule has 0 radical (unpaired) electrons. The Labute approximate surface area is 76.6 Å². The van der Waals surface area contributed by atoms with E-state index in [0.717, 1.165) is 0 Å². The summed E-state index contributed by atoms with van der Waals surface area (Å²) in [6.07, 6.45) is 1.60. The predicted molar refractivity (Wildman–Crippen MR) is 46.5 cm³/mol. The number of aromatic nitrogens is 1. The molecule has 0 fully saturated rings. The summed E-state index contributed by atoms with van der Waals surface area (Å²) in [5, 5.41) is 8.75. The van der Waals surface area contributed by atoms with E-state index in [1.54, 1.807) is 27.0 Å². The first-order valence-corrected chi connectivity index (χ1v) is 4.17. The van der Waals surface area contributed by atoms with Gasteiger partial charge in [0.15, 0.2) is 5.89 Å². The maximum absolute atomic E-state index is 10.7. The Morgan fingerprint density at radius 2 is 2.23 bits per heavy atom. The van der Waals surface area contributed by atoms with E-state index in [1.807, 2.05) is 0 Å². The Bertz CT molecular complexity index is 306. The van der Waals surface area contributed by atoms with Crippen LogP contribution in [0.15, 0.2) is 10.6 Å². The Morgan fingerprint density at radius 3 is 2.62 bits per heavy atom. The molecule has 1 aromatic heterocycles. The van der Waals surface area contributed by atoms with Crippen molar-refractivity contribution >= 4 is 5.97 Å². The minimum Gasteiger partial charge on any atom is -0.481 e. The third-order valence-corrected chi connectivity index (χ3v) is 2.17. The summed E-state index contributed by atoms with van der Waals surface area (Å²) in [6.45, 7) is 5.23. The molecule has 0 aliphatic rings. The maximum atomic E-state index is 10.7. The number of carbonyl (C=O) groups is 1. The lowest BCUT2D eigenvalue weighted by atomic mass is 9.96. The molecule has 4 heteroatoms. The largest absolute Gasteiger partial charge is 0.481 e. The van der Waals surface area contributed by atoms with E-state index in [0.29, 0.717) is 11.7 Å². The summed E-state index contributed by atoms with van der Waals surface area (Å²) in [6, 6.07) is 0. The Kier molecular flexibility index (Phi) is 2.70. The van der Waals surface area contributed by atoms with Gasteiger partial charge in [0.1, 0.15) is 5.76 Å². The van der Waals surface area contributed by atoms with Gasteiger partial charge in [-0.3, -0.25) is 4.79 Å². The average Bonchev–Trinajstić information content (AvgIpc) is 2.49. The molecule has 0 saturated heterocycles. The smallest absolute Gasteiger partial charge is 0.307 e. The van der Waals surface area contributed by atoms with Crippen LogP contribution < -0.4 is 0 Å². The van der Waals surface area contributed by atoms with Crippen LogP contribution in [0.5, 0.6) is 0 Å². The van der Waals surface area contributed by atoms with Crippen LogP contribution in [0, 0.1) is 12.8 Å². The number of oxazole rings is 1. The lowest BCUT2D eigenvalue weighted by Crippen LogP contribution is -2.16. The molecule has 0 aromatic carbocycles. The van der Waals surface area contributed by atoms with Gasteiger partial charge in [0.2, 0.25) is 0 Å². The molecule has 1 aromatic rings. The Balaban J connectivity index is 2.78. The fourth-order valence-corrected chi connectivity index (χ4v) is 1.01. The summed E-state index contributed by atoms with van der Waals surface area (Å²) in [5.74, 6) is -0.292. The monoisotopic (exact) mass is 183 g/mol. The topological polar surface area (TPSA) is 63.3 Å². The lowest BCUT2D eigenvalue weighted by Gasteiger charge is -2.11. The summed E-state index contributed by atoms with van der Waals surface area (Å²) in [7, 11) is 0. The van der Waals surface area contributed by atoms with Crippen LogP contribution in [0.1, 0.15) is 31.4 Å². The van der Waals surface area contributed by atoms with Gasteiger partial charge in [-0.25, -0.2) is 4.98 Å². The Hall–Kier alpha value is -1.32. The molecule has 0 spiro atoms. The molecule has 2 unspecified atom stereocenters. The molecule has 72 valence electrons. The highest BCUT2D eigenvalue weighted by atomic mass is 16.4. The van der Waals surface area contributed by atoms with Crippen molar-refractivity contribution in [2.24, 2.45) is 5.92 Å². The van der Waals surface area contributed by atoms with Gasteiger partial charge in [0.05, 0.1) is 12.1 Å². The third kappa shape index (κ3) is 2.08. The van der Waals surface area contributed by atoms with E-state index in [2.05, 4.69) is 4.98 Å². The van der Waals surface area contributed by atoms with Gasteiger partial charge in [-0.1, -0.05) is 13.8 Å². The van der Waals surface area contributed by atoms with E-state index in [4.69, 9.17) is 9.52 Å². The van der Waals surface area contributed by atoms with Crippen molar-refractivity contribution in [2.75, 3.05) is 0 Å². The zero-order chi connectivity index (χ0) is 10.0. The van der Waals surface area contributed by atoms with Gasteiger partial charge >= 0.3 is 5.97 Å². The molecule has 0 saturated carbocycles. The fourth-order valence-electron chi connectivity index (χ4n) is 1.01. The summed E-state index contributed by atoms with van der Waals surface area (Å²) >= 11 is 0. The van der Waals surface area contributed by atoms with E-state index < -0.39 is 11.9 Å². The highest BCUT2D eigenvalue weighted by molar-refractivity contribution is 5.70. The average molecular weight is 183 g/mol. The standard InChI is InChI=1S/C9H13NO3/c1-5-4-10-8(13-5)6(2)7(3)9(11)12/h4,6-7H,1-3H3,(H,11,12). The molecular weight excluding hydrogens is 170 g/mol. The number of rotatable bonds is 3. The molecule has 1 rings (SSSR count). The minimum atomic E-state index is -0.830. The van der Waals surface area contributed by atoms with Gasteiger partial charge in [-0.15, -0.1) is 0 Å². The summed E-state index contributed by atoms with van der Waals surface area (Å²) < 4.78 is 5.24. The molecule has 1 N–H and O–H groups in total. The van der Waals surface area contributed by atoms with Crippen molar-refractivity contribution in [1.82, 2.24) is 4.98 Å². The van der Waals surface area contributed by atoms with Crippen LogP contribution in [0.2, 0.25) is 0 Å². The first-order chi connectivity index (χ1) is 6.02. The van der Waals surface area contributed by atoms with E-state index >= 15 is 0 Å². The molecule has 13 heavy (non-hydrogen) atoms. The number of nitrogens with zero attached hydrogens (tertiary/aromatic N) is 1. The molecule has 1 heterocycles. The van der Waals surface area contributed by atoms with Crippen molar-refractivity contribution in [3.05, 3.63) is 17.8 Å². The van der Waals surface area contributed by atoms with Gasteiger partial charge in [0.25, 0.3) is 0 Å². The third-order valence-electron chi connectivity index (χ3n) is 2.17. The SMILES string of the molecule is Cc1cnc(C(C)C(C)C(=O)O)o1. The molecule has 0 aliphatic carbocycles. The zero-order valence-corrected chi connectivity index (χ0v) is 7.94. The maximum Gasteiger partial charge on any atom is 0.307 e. The van der Waals surface area contributed by atoms with E-state index in [1.165, 1.54) is 0 Å². The number of carboxylic acid groups (broad SMARTS) is 1. The second-order valence-electron chi connectivity index (χ2n) is 3.22. The summed E-state index contributed by atoms with van der Waals surface area (Å²) in [5.41, 5.74) is 0. The van der Waals surface area contributed by atoms with Crippen molar-refractivity contribution in [3.8, 4) is 0 Å². The second-order valence-corrected chi connectivity index (χ2v) is 3.22. The van der Waals surface area contributed by atoms with Gasteiger partial charge in [0, 0.05) is 5.92 Å². The van der Waals surface area contributed by atoms with Crippen LogP contribution >= 0.6 is 0 Å². The number of aryl methyl sites for hydroxylation is 1. The highest BCUT2D eigenvalue weighted by Crippen LogP contribution is 2.23. The number of hydrogen-bond acceptors (Lipinski definition) is 3. The summed E-state index contributed by atoms with van der Waals surface area (Å²) in [4.78, 5) is 14.6. The van der Waals surface area contributed by atoms with Crippen LogP contribution in [-0.2, 0) is 4.79 Å². The van der Waals surface area contributed by atoms with Crippen LogP contribution in [0.25, 0.3) is 0 Å². The van der Waals surface area contributed by atoms with E-state index in [9.17, 15) is 4.79 Å². The van der Waals surface area contributed by atoms with Gasteiger partial charge in [-0.2, -0.15) is 0 Å². The molecule has 0 amide bonds. The minimum absolute atomic E-state index is 0.189. The number of hydrogen-bond donors (Lipinski definition) is 1. The van der Waals surface area contributed by atoms with Crippen LogP contribution in [-0.4, -0.2) is 16.1 Å². The van der Waals surface area contributed by atoms with Gasteiger partial charge in [-0.05, 0) is 6.92 Å². The number of aliphatic carboxylic acids is 1. The zero-order valence-electron chi connectivity index (χ0n) is 7.94. The highest BCUT2D eigenvalue weighted by Gasteiger charge is 2.24. The van der Waals surface area contributed by atoms with Crippen LogP contribution in [0.4, 0.5) is 0 Å². The predicted octanol–water partition coefficient (Wildman–Crippen LogP) is 1.81. The first-order valence-electron chi connectivity index (χ1n) is 4.17. The van der Waals surface area contributed by atoms with Crippen molar-refractivity contribution in [1.29, 1.82) is 0 Å².